The van der Waals surface area contributed by atoms with Crippen LogP contribution in [0.15, 0.2) is 60.0 Å². The van der Waals surface area contributed by atoms with E-state index in [1.54, 1.807) is 13.3 Å². The lowest BCUT2D eigenvalue weighted by atomic mass is 10.1. The summed E-state index contributed by atoms with van der Waals surface area (Å²) in [5, 5.41) is 3.74. The van der Waals surface area contributed by atoms with E-state index in [9.17, 15) is 4.79 Å². The number of hydrogen-bond acceptors (Lipinski definition) is 4. The Kier molecular flexibility index (Phi) is 6.19. The SMILES string of the molecule is COc1ccccc1CNC(=O)CSc1nccn1-c1cc(C)ccc1C. The Morgan fingerprint density at radius 1 is 1.22 bits per heavy atom. The van der Waals surface area contributed by atoms with Crippen LogP contribution in [0.25, 0.3) is 5.69 Å². The number of imidazole rings is 1. The van der Waals surface area contributed by atoms with Gasteiger partial charge in [0, 0.05) is 24.5 Å². The third-order valence-electron chi connectivity index (χ3n) is 4.23. The fourth-order valence-electron chi connectivity index (χ4n) is 2.78. The van der Waals surface area contributed by atoms with E-state index in [-0.39, 0.29) is 5.91 Å². The van der Waals surface area contributed by atoms with Crippen molar-refractivity contribution >= 4 is 17.7 Å². The Bertz CT molecular complexity index is 937. The zero-order valence-electron chi connectivity index (χ0n) is 15.7. The summed E-state index contributed by atoms with van der Waals surface area (Å²) in [7, 11) is 1.63. The van der Waals surface area contributed by atoms with Crippen molar-refractivity contribution in [1.29, 1.82) is 0 Å². The molecule has 3 rings (SSSR count). The second-order valence-corrected chi connectivity index (χ2v) is 7.19. The second-order valence-electron chi connectivity index (χ2n) is 6.25. The van der Waals surface area contributed by atoms with Crippen molar-refractivity contribution in [2.75, 3.05) is 12.9 Å². The maximum absolute atomic E-state index is 12.3. The molecule has 27 heavy (non-hydrogen) atoms. The van der Waals surface area contributed by atoms with Gasteiger partial charge in [-0.3, -0.25) is 9.36 Å². The Hall–Kier alpha value is -2.73. The van der Waals surface area contributed by atoms with Gasteiger partial charge in [-0.05, 0) is 37.1 Å². The van der Waals surface area contributed by atoms with Gasteiger partial charge in [0.25, 0.3) is 0 Å². The molecule has 1 aromatic heterocycles. The molecule has 0 atom stereocenters. The van der Waals surface area contributed by atoms with Gasteiger partial charge in [-0.2, -0.15) is 0 Å². The first-order chi connectivity index (χ1) is 13.1. The smallest absolute Gasteiger partial charge is 0.230 e. The lowest BCUT2D eigenvalue weighted by Gasteiger charge is -2.12. The number of nitrogens with one attached hydrogen (secondary N) is 1. The molecule has 1 N–H and O–H groups in total. The number of aryl methyl sites for hydroxylation is 2. The van der Waals surface area contributed by atoms with E-state index < -0.39 is 0 Å². The summed E-state index contributed by atoms with van der Waals surface area (Å²) < 4.78 is 7.34. The molecular weight excluding hydrogens is 358 g/mol. The van der Waals surface area contributed by atoms with Gasteiger partial charge < -0.3 is 10.1 Å². The summed E-state index contributed by atoms with van der Waals surface area (Å²) in [6, 6.07) is 14.0. The van der Waals surface area contributed by atoms with Crippen molar-refractivity contribution in [3.63, 3.8) is 0 Å². The van der Waals surface area contributed by atoms with Crippen molar-refractivity contribution < 1.29 is 9.53 Å². The molecule has 0 spiro atoms. The highest BCUT2D eigenvalue weighted by molar-refractivity contribution is 7.99. The largest absolute Gasteiger partial charge is 0.496 e. The zero-order valence-corrected chi connectivity index (χ0v) is 16.5. The predicted molar refractivity (Wildman–Crippen MR) is 109 cm³/mol. The van der Waals surface area contributed by atoms with E-state index in [1.807, 2.05) is 35.0 Å². The molecule has 3 aromatic rings. The molecule has 140 valence electrons. The first-order valence-electron chi connectivity index (χ1n) is 8.71. The average Bonchev–Trinajstić information content (AvgIpc) is 3.15. The molecule has 0 saturated carbocycles. The average molecular weight is 382 g/mol. The highest BCUT2D eigenvalue weighted by Gasteiger charge is 2.11. The quantitative estimate of drug-likeness (QED) is 0.631. The molecule has 0 aliphatic rings. The van der Waals surface area contributed by atoms with E-state index in [1.165, 1.54) is 22.9 Å². The van der Waals surface area contributed by atoms with Crippen molar-refractivity contribution in [3.8, 4) is 11.4 Å². The Morgan fingerprint density at radius 3 is 2.85 bits per heavy atom. The highest BCUT2D eigenvalue weighted by Crippen LogP contribution is 2.23. The number of aromatic nitrogens is 2. The fraction of sp³-hybridized carbons (Fsp3) is 0.238. The maximum Gasteiger partial charge on any atom is 0.230 e. The van der Waals surface area contributed by atoms with E-state index in [0.717, 1.165) is 22.2 Å². The number of rotatable bonds is 7. The Labute approximate surface area is 163 Å². The molecule has 5 nitrogen and oxygen atoms in total. The molecule has 0 saturated heterocycles. The lowest BCUT2D eigenvalue weighted by molar-refractivity contribution is -0.118. The summed E-state index contributed by atoms with van der Waals surface area (Å²) in [4.78, 5) is 16.7. The van der Waals surface area contributed by atoms with Gasteiger partial charge in [-0.25, -0.2) is 4.98 Å². The molecule has 1 amide bonds. The summed E-state index contributed by atoms with van der Waals surface area (Å²) >= 11 is 1.42. The predicted octanol–water partition coefficient (Wildman–Crippen LogP) is 3.91. The van der Waals surface area contributed by atoms with E-state index in [2.05, 4.69) is 42.3 Å². The standard InChI is InChI=1S/C21H23N3O2S/c1-15-8-9-16(2)18(12-15)24-11-10-22-21(24)27-14-20(25)23-13-17-6-4-5-7-19(17)26-3/h4-12H,13-14H2,1-3H3,(H,23,25). The Morgan fingerprint density at radius 2 is 2.04 bits per heavy atom. The number of ether oxygens (including phenoxy) is 1. The number of carbonyl (C=O) groups excluding carboxylic acids is 1. The van der Waals surface area contributed by atoms with Gasteiger partial charge in [0.1, 0.15) is 5.75 Å². The van der Waals surface area contributed by atoms with E-state index in [0.29, 0.717) is 12.3 Å². The number of carbonyl (C=O) groups is 1. The number of hydrogen-bond donors (Lipinski definition) is 1. The van der Waals surface area contributed by atoms with Crippen LogP contribution in [-0.4, -0.2) is 28.3 Å². The van der Waals surface area contributed by atoms with Gasteiger partial charge >= 0.3 is 0 Å². The van der Waals surface area contributed by atoms with Crippen LogP contribution in [0.4, 0.5) is 0 Å². The lowest BCUT2D eigenvalue weighted by Crippen LogP contribution is -2.25. The molecular formula is C21H23N3O2S. The van der Waals surface area contributed by atoms with Gasteiger partial charge in [-0.1, -0.05) is 42.1 Å². The Balaban J connectivity index is 1.62. The molecule has 0 aliphatic carbocycles. The van der Waals surface area contributed by atoms with Gasteiger partial charge in [0.15, 0.2) is 5.16 Å². The number of benzene rings is 2. The third-order valence-corrected chi connectivity index (χ3v) is 5.20. The van der Waals surface area contributed by atoms with Crippen LogP contribution in [0.1, 0.15) is 16.7 Å². The monoisotopic (exact) mass is 381 g/mol. The molecule has 0 aliphatic heterocycles. The maximum atomic E-state index is 12.3. The van der Waals surface area contributed by atoms with Crippen LogP contribution in [0.3, 0.4) is 0 Å². The van der Waals surface area contributed by atoms with Gasteiger partial charge in [0.2, 0.25) is 5.91 Å². The fourth-order valence-corrected chi connectivity index (χ4v) is 3.58. The first kappa shape index (κ1) is 19.0. The number of thioether (sulfide) groups is 1. The van der Waals surface area contributed by atoms with Crippen LogP contribution < -0.4 is 10.1 Å². The topological polar surface area (TPSA) is 56.1 Å². The van der Waals surface area contributed by atoms with Crippen LogP contribution >= 0.6 is 11.8 Å². The van der Waals surface area contributed by atoms with E-state index >= 15 is 0 Å². The van der Waals surface area contributed by atoms with Crippen LogP contribution in [0.5, 0.6) is 5.75 Å². The van der Waals surface area contributed by atoms with Crippen molar-refractivity contribution in [2.24, 2.45) is 0 Å². The van der Waals surface area contributed by atoms with Crippen molar-refractivity contribution in [3.05, 3.63) is 71.5 Å². The first-order valence-corrected chi connectivity index (χ1v) is 9.69. The summed E-state index contributed by atoms with van der Waals surface area (Å²) in [6.07, 6.45) is 3.69. The minimum atomic E-state index is -0.0404. The molecule has 0 fully saturated rings. The molecule has 0 bridgehead atoms. The highest BCUT2D eigenvalue weighted by atomic mass is 32.2. The van der Waals surface area contributed by atoms with Crippen LogP contribution in [-0.2, 0) is 11.3 Å². The molecule has 2 aromatic carbocycles. The van der Waals surface area contributed by atoms with Crippen molar-refractivity contribution in [1.82, 2.24) is 14.9 Å². The number of para-hydroxylation sites is 1. The minimum Gasteiger partial charge on any atom is -0.496 e. The summed E-state index contributed by atoms with van der Waals surface area (Å²) in [5.41, 5.74) is 4.40. The zero-order chi connectivity index (χ0) is 19.2. The second kappa shape index (κ2) is 8.77. The normalized spacial score (nSPS) is 10.6. The molecule has 0 radical (unpaired) electrons. The minimum absolute atomic E-state index is 0.0404. The number of amides is 1. The molecule has 0 unspecified atom stereocenters. The summed E-state index contributed by atoms with van der Waals surface area (Å²) in [6.45, 7) is 4.58. The molecule has 1 heterocycles. The van der Waals surface area contributed by atoms with Gasteiger partial charge in [0.05, 0.1) is 18.6 Å². The third kappa shape index (κ3) is 4.71. The van der Waals surface area contributed by atoms with Crippen LogP contribution in [0.2, 0.25) is 0 Å². The van der Waals surface area contributed by atoms with Crippen LogP contribution in [0, 0.1) is 13.8 Å². The van der Waals surface area contributed by atoms with Gasteiger partial charge in [-0.15, -0.1) is 0 Å². The van der Waals surface area contributed by atoms with E-state index in [4.69, 9.17) is 4.74 Å². The molecule has 6 heteroatoms. The van der Waals surface area contributed by atoms with Crippen molar-refractivity contribution in [2.45, 2.75) is 25.5 Å². The summed E-state index contributed by atoms with van der Waals surface area (Å²) in [5.74, 6) is 1.04. The number of nitrogens with zero attached hydrogens (tertiary/aromatic N) is 2. The number of methoxy groups -OCH3 is 1.